The molecule has 8 nitrogen and oxygen atoms in total. The quantitative estimate of drug-likeness (QED) is 0.227. The number of ether oxygens (including phenoxy) is 1. The van der Waals surface area contributed by atoms with Crippen molar-refractivity contribution in [2.75, 3.05) is 24.7 Å². The van der Waals surface area contributed by atoms with Gasteiger partial charge in [0, 0.05) is 36.6 Å². The van der Waals surface area contributed by atoms with Crippen LogP contribution in [-0.4, -0.2) is 44.3 Å². The minimum Gasteiger partial charge on any atom is -0.377 e. The second kappa shape index (κ2) is 10.9. The summed E-state index contributed by atoms with van der Waals surface area (Å²) in [6.45, 7) is 4.35. The number of pyridine rings is 3. The zero-order valence-electron chi connectivity index (χ0n) is 24.7. The number of hydrogen-bond donors (Lipinski definition) is 1. The van der Waals surface area contributed by atoms with Crippen LogP contribution in [0.4, 0.5) is 5.95 Å². The van der Waals surface area contributed by atoms with Crippen molar-refractivity contribution < 1.29 is 4.74 Å². The second-order valence-corrected chi connectivity index (χ2v) is 13.2. The molecule has 2 saturated carbocycles. The molecule has 5 aromatic rings. The number of imidazole rings is 1. The monoisotopic (exact) mass is 606 g/mol. The van der Waals surface area contributed by atoms with Crippen LogP contribution >= 0.6 is 11.6 Å². The number of aromatic nitrogens is 5. The molecule has 2 atom stereocenters. The van der Waals surface area contributed by atoms with E-state index in [0.29, 0.717) is 35.7 Å². The topological polar surface area (TPSA) is 88.9 Å². The van der Waals surface area contributed by atoms with E-state index in [9.17, 15) is 4.79 Å². The molecule has 3 fully saturated rings. The van der Waals surface area contributed by atoms with Gasteiger partial charge in [0.15, 0.2) is 0 Å². The van der Waals surface area contributed by atoms with E-state index in [2.05, 4.69) is 56.7 Å². The van der Waals surface area contributed by atoms with Gasteiger partial charge in [-0.05, 0) is 54.4 Å². The van der Waals surface area contributed by atoms with Crippen LogP contribution in [0.25, 0.3) is 33.7 Å². The molecule has 1 spiro atoms. The van der Waals surface area contributed by atoms with Crippen LogP contribution in [-0.2, 0) is 4.74 Å². The smallest absolute Gasteiger partial charge is 0.248 e. The number of aromatic amines is 1. The molecule has 4 aromatic heterocycles. The number of nitrogens with zero attached hydrogens (tertiary/aromatic N) is 5. The molecule has 1 aliphatic heterocycles. The first-order valence-electron chi connectivity index (χ1n) is 15.6. The van der Waals surface area contributed by atoms with E-state index < -0.39 is 0 Å². The Kier molecular flexibility index (Phi) is 6.79. The molecule has 44 heavy (non-hydrogen) atoms. The first kappa shape index (κ1) is 27.5. The van der Waals surface area contributed by atoms with Crippen molar-refractivity contribution in [3.63, 3.8) is 0 Å². The van der Waals surface area contributed by atoms with Gasteiger partial charge in [0.05, 0.1) is 52.4 Å². The van der Waals surface area contributed by atoms with Crippen molar-refractivity contribution in [1.29, 1.82) is 0 Å². The van der Waals surface area contributed by atoms with Crippen molar-refractivity contribution in [3.05, 3.63) is 94.0 Å². The van der Waals surface area contributed by atoms with Gasteiger partial charge >= 0.3 is 0 Å². The first-order chi connectivity index (χ1) is 21.5. The molecule has 2 aliphatic carbocycles. The van der Waals surface area contributed by atoms with E-state index in [0.717, 1.165) is 47.1 Å². The lowest BCUT2D eigenvalue weighted by molar-refractivity contribution is 0.0928. The third kappa shape index (κ3) is 4.81. The molecule has 1 N–H and O–H groups in total. The normalized spacial score (nSPS) is 25.0. The summed E-state index contributed by atoms with van der Waals surface area (Å²) in [4.78, 5) is 32.8. The van der Waals surface area contributed by atoms with Gasteiger partial charge in [-0.15, -0.1) is 0 Å². The molecule has 0 bridgehead atoms. The van der Waals surface area contributed by atoms with Crippen LogP contribution in [0, 0.1) is 11.3 Å². The molecule has 1 aromatic carbocycles. The maximum atomic E-state index is 12.3. The largest absolute Gasteiger partial charge is 0.377 e. The number of benzene rings is 1. The lowest BCUT2D eigenvalue weighted by Gasteiger charge is -2.37. The predicted octanol–water partition coefficient (Wildman–Crippen LogP) is 7.22. The Morgan fingerprint density at radius 2 is 1.86 bits per heavy atom. The third-order valence-electron chi connectivity index (χ3n) is 9.97. The van der Waals surface area contributed by atoms with Gasteiger partial charge in [-0.1, -0.05) is 67.8 Å². The van der Waals surface area contributed by atoms with Crippen molar-refractivity contribution in [2.45, 2.75) is 51.1 Å². The van der Waals surface area contributed by atoms with Gasteiger partial charge < -0.3 is 19.2 Å². The summed E-state index contributed by atoms with van der Waals surface area (Å²) >= 11 is 6.50. The molecule has 3 aliphatic rings. The number of rotatable bonds is 5. The van der Waals surface area contributed by atoms with Crippen LogP contribution in [0.5, 0.6) is 0 Å². The first-order valence-corrected chi connectivity index (χ1v) is 16.0. The fraction of sp³-hybridized carbons (Fsp3) is 0.371. The van der Waals surface area contributed by atoms with Crippen LogP contribution < -0.4 is 10.5 Å². The predicted molar refractivity (Wildman–Crippen MR) is 173 cm³/mol. The Morgan fingerprint density at radius 1 is 1.02 bits per heavy atom. The standard InChI is InChI=1S/C35H35ClN6O2/c1-22-10-12-35(13-11-22)18-30(35)42-33-28(40-34(42)41-14-15-44-21-29(41)23-6-3-2-4-7-23)17-27(26-8-5-9-31(43)38-26)39-32(33)24-16-25(36)20-37-19-24/h2-9,16-17,19-20,22,29-30H,10-15,18,21H2,1H3,(H,38,43)/t22?,29?,30-,35?/m1/s1. The van der Waals surface area contributed by atoms with Gasteiger partial charge in [0.1, 0.15) is 0 Å². The SMILES string of the molecule is CC1CCC2(CC1)C[C@H]2n1c(N2CCOCC2c2ccccc2)nc2cc(-c3cccc(=O)[nH]3)nc(-c3cncc(Cl)c3)c21. The van der Waals surface area contributed by atoms with E-state index in [1.54, 1.807) is 12.3 Å². The fourth-order valence-electron chi connectivity index (χ4n) is 7.44. The minimum absolute atomic E-state index is 0.0378. The number of fused-ring (bicyclic) bond motifs is 1. The summed E-state index contributed by atoms with van der Waals surface area (Å²) in [5, 5.41) is 0.545. The Morgan fingerprint density at radius 3 is 2.66 bits per heavy atom. The molecule has 5 heterocycles. The Labute approximate surface area is 261 Å². The summed E-state index contributed by atoms with van der Waals surface area (Å²) < 4.78 is 8.54. The lowest BCUT2D eigenvalue weighted by Crippen LogP contribution is -2.41. The zero-order chi connectivity index (χ0) is 29.8. The zero-order valence-corrected chi connectivity index (χ0v) is 25.5. The van der Waals surface area contributed by atoms with E-state index in [4.69, 9.17) is 26.3 Å². The van der Waals surface area contributed by atoms with Crippen molar-refractivity contribution in [3.8, 4) is 22.6 Å². The highest BCUT2D eigenvalue weighted by molar-refractivity contribution is 6.30. The molecule has 0 radical (unpaired) electrons. The Balaban J connectivity index is 1.38. The average Bonchev–Trinajstić information content (AvgIpc) is 3.61. The van der Waals surface area contributed by atoms with Crippen LogP contribution in [0.15, 0.2) is 77.9 Å². The van der Waals surface area contributed by atoms with Crippen molar-refractivity contribution in [1.82, 2.24) is 24.5 Å². The van der Waals surface area contributed by atoms with Crippen molar-refractivity contribution >= 4 is 28.6 Å². The average molecular weight is 607 g/mol. The maximum Gasteiger partial charge on any atom is 0.248 e. The highest BCUT2D eigenvalue weighted by atomic mass is 35.5. The number of anilines is 1. The fourth-order valence-corrected chi connectivity index (χ4v) is 7.62. The number of hydrogen-bond acceptors (Lipinski definition) is 6. The van der Waals surface area contributed by atoms with Gasteiger partial charge in [0.25, 0.3) is 0 Å². The summed E-state index contributed by atoms with van der Waals surface area (Å²) in [5.74, 6) is 1.72. The van der Waals surface area contributed by atoms with Gasteiger partial charge in [-0.3, -0.25) is 9.78 Å². The van der Waals surface area contributed by atoms with Crippen molar-refractivity contribution in [2.24, 2.45) is 11.3 Å². The summed E-state index contributed by atoms with van der Waals surface area (Å²) in [6.07, 6.45) is 9.58. The van der Waals surface area contributed by atoms with E-state index in [1.165, 1.54) is 37.3 Å². The lowest BCUT2D eigenvalue weighted by atomic mass is 9.80. The molecule has 8 rings (SSSR count). The highest BCUT2D eigenvalue weighted by Crippen LogP contribution is 2.66. The number of nitrogens with one attached hydrogen (secondary N) is 1. The minimum atomic E-state index is -0.174. The molecule has 1 saturated heterocycles. The van der Waals surface area contributed by atoms with Crippen LogP contribution in [0.2, 0.25) is 5.02 Å². The van der Waals surface area contributed by atoms with Crippen LogP contribution in [0.1, 0.15) is 56.7 Å². The van der Waals surface area contributed by atoms with Gasteiger partial charge in [-0.25, -0.2) is 9.97 Å². The molecule has 1 unspecified atom stereocenters. The summed E-state index contributed by atoms with van der Waals surface area (Å²) in [6, 6.07) is 20.0. The molecule has 9 heteroatoms. The summed E-state index contributed by atoms with van der Waals surface area (Å²) in [5.41, 5.74) is 6.03. The van der Waals surface area contributed by atoms with E-state index in [-0.39, 0.29) is 17.0 Å². The second-order valence-electron chi connectivity index (χ2n) is 12.8. The van der Waals surface area contributed by atoms with Gasteiger partial charge in [-0.2, -0.15) is 0 Å². The molecular formula is C35H35ClN6O2. The highest BCUT2D eigenvalue weighted by Gasteiger charge is 2.57. The van der Waals surface area contributed by atoms with E-state index >= 15 is 0 Å². The van der Waals surface area contributed by atoms with Gasteiger partial charge in [0.2, 0.25) is 11.5 Å². The number of halogens is 1. The molecule has 224 valence electrons. The number of H-pyrrole nitrogens is 1. The third-order valence-corrected chi connectivity index (χ3v) is 10.2. The Bertz CT molecular complexity index is 1890. The maximum absolute atomic E-state index is 12.3. The van der Waals surface area contributed by atoms with Crippen LogP contribution in [0.3, 0.4) is 0 Å². The molecule has 0 amide bonds. The Hall–Kier alpha value is -4.01. The molecular weight excluding hydrogens is 572 g/mol. The number of morpholine rings is 1. The summed E-state index contributed by atoms with van der Waals surface area (Å²) in [7, 11) is 0. The van der Waals surface area contributed by atoms with E-state index in [1.807, 2.05) is 24.4 Å².